The van der Waals surface area contributed by atoms with E-state index >= 15 is 0 Å². The van der Waals surface area contributed by atoms with Gasteiger partial charge in [0.2, 0.25) is 11.7 Å². The number of aromatic nitrogens is 1. The fourth-order valence-electron chi connectivity index (χ4n) is 2.82. The van der Waals surface area contributed by atoms with Crippen LogP contribution in [0.25, 0.3) is 0 Å². The van der Waals surface area contributed by atoms with E-state index in [1.807, 2.05) is 6.92 Å². The van der Waals surface area contributed by atoms with Gasteiger partial charge in [0, 0.05) is 12.8 Å². The minimum Gasteiger partial charge on any atom is -0.435 e. The molecule has 0 unspecified atom stereocenters. The van der Waals surface area contributed by atoms with E-state index in [-0.39, 0.29) is 35.1 Å². The van der Waals surface area contributed by atoms with E-state index in [1.165, 1.54) is 0 Å². The molecule has 6 heteroatoms. The highest BCUT2D eigenvalue weighted by Crippen LogP contribution is 2.27. The van der Waals surface area contributed by atoms with E-state index in [0.29, 0.717) is 30.8 Å². The molecule has 2 N–H and O–H groups in total. The zero-order chi connectivity index (χ0) is 16.5. The first-order valence-corrected chi connectivity index (χ1v) is 7.79. The molecule has 0 aliphatic carbocycles. The summed E-state index contributed by atoms with van der Waals surface area (Å²) in [6, 6.07) is -0.216. The molecular formula is C16H25N3O3. The lowest BCUT2D eigenvalue weighted by Gasteiger charge is -2.40. The molecule has 1 fully saturated rings. The number of nitrogens with zero attached hydrogens (tertiary/aromatic N) is 1. The quantitative estimate of drug-likeness (QED) is 0.894. The van der Waals surface area contributed by atoms with Crippen LogP contribution in [0.3, 0.4) is 0 Å². The number of piperidine rings is 1. The second-order valence-electron chi connectivity index (χ2n) is 6.91. The molecule has 0 saturated carbocycles. The van der Waals surface area contributed by atoms with Crippen molar-refractivity contribution in [1.82, 2.24) is 15.6 Å². The Morgan fingerprint density at radius 1 is 1.45 bits per heavy atom. The molecular weight excluding hydrogens is 282 g/mol. The van der Waals surface area contributed by atoms with Crippen molar-refractivity contribution in [3.05, 3.63) is 17.3 Å². The SMILES string of the molecule is CCc1nc(C)c(C(=O)N[C@@H]2CCC(=O)N[C@H]2C(C)(C)C)o1. The number of rotatable bonds is 3. The summed E-state index contributed by atoms with van der Waals surface area (Å²) >= 11 is 0. The Labute approximate surface area is 131 Å². The molecule has 1 saturated heterocycles. The van der Waals surface area contributed by atoms with Crippen molar-refractivity contribution in [3.63, 3.8) is 0 Å². The molecule has 1 aliphatic heterocycles. The first-order valence-electron chi connectivity index (χ1n) is 7.79. The molecule has 1 aromatic rings. The van der Waals surface area contributed by atoms with Crippen molar-refractivity contribution >= 4 is 11.8 Å². The van der Waals surface area contributed by atoms with E-state index in [9.17, 15) is 9.59 Å². The fraction of sp³-hybridized carbons (Fsp3) is 0.688. The van der Waals surface area contributed by atoms with Gasteiger partial charge in [0.25, 0.3) is 5.91 Å². The van der Waals surface area contributed by atoms with E-state index in [1.54, 1.807) is 6.92 Å². The smallest absolute Gasteiger partial charge is 0.289 e. The first-order chi connectivity index (χ1) is 10.2. The Morgan fingerprint density at radius 2 is 2.14 bits per heavy atom. The molecule has 122 valence electrons. The van der Waals surface area contributed by atoms with Gasteiger partial charge in [-0.25, -0.2) is 4.98 Å². The summed E-state index contributed by atoms with van der Waals surface area (Å²) < 4.78 is 5.50. The zero-order valence-electron chi connectivity index (χ0n) is 13.9. The molecule has 2 amide bonds. The second kappa shape index (κ2) is 6.10. The molecule has 0 spiro atoms. The van der Waals surface area contributed by atoms with Crippen LogP contribution in [0.1, 0.15) is 62.7 Å². The number of hydrogen-bond acceptors (Lipinski definition) is 4. The maximum absolute atomic E-state index is 12.5. The van der Waals surface area contributed by atoms with Gasteiger partial charge < -0.3 is 15.1 Å². The van der Waals surface area contributed by atoms with Crippen LogP contribution in [0.5, 0.6) is 0 Å². The monoisotopic (exact) mass is 307 g/mol. The molecule has 2 atom stereocenters. The second-order valence-corrected chi connectivity index (χ2v) is 6.91. The summed E-state index contributed by atoms with van der Waals surface area (Å²) in [6.45, 7) is 9.85. The average Bonchev–Trinajstić information content (AvgIpc) is 2.81. The molecule has 2 heterocycles. The van der Waals surface area contributed by atoms with Crippen LogP contribution in [0.2, 0.25) is 0 Å². The minimum atomic E-state index is -0.264. The van der Waals surface area contributed by atoms with Crippen LogP contribution >= 0.6 is 0 Å². The Hall–Kier alpha value is -1.85. The molecule has 2 rings (SSSR count). The van der Waals surface area contributed by atoms with Crippen LogP contribution in [0.15, 0.2) is 4.42 Å². The zero-order valence-corrected chi connectivity index (χ0v) is 13.9. The third-order valence-electron chi connectivity index (χ3n) is 4.00. The van der Waals surface area contributed by atoms with Gasteiger partial charge >= 0.3 is 0 Å². The van der Waals surface area contributed by atoms with Gasteiger partial charge in [0.05, 0.1) is 17.8 Å². The molecule has 1 aromatic heterocycles. The van der Waals surface area contributed by atoms with Gasteiger partial charge in [0.1, 0.15) is 0 Å². The van der Waals surface area contributed by atoms with E-state index in [0.717, 1.165) is 0 Å². The van der Waals surface area contributed by atoms with E-state index in [4.69, 9.17) is 4.42 Å². The standard InChI is InChI=1S/C16H25N3O3/c1-6-12-17-9(2)13(22-12)15(21)18-10-7-8-11(20)19-14(10)16(3,4)5/h10,14H,6-8H2,1-5H3,(H,18,21)(H,19,20)/t10-,14-/m1/s1. The Bertz CT molecular complexity index is 572. The van der Waals surface area contributed by atoms with Crippen molar-refractivity contribution in [2.45, 2.75) is 66.0 Å². The highest BCUT2D eigenvalue weighted by molar-refractivity contribution is 5.92. The first kappa shape index (κ1) is 16.5. The highest BCUT2D eigenvalue weighted by Gasteiger charge is 2.38. The number of nitrogens with one attached hydrogen (secondary N) is 2. The predicted molar refractivity (Wildman–Crippen MR) is 82.5 cm³/mol. The number of carbonyl (C=O) groups excluding carboxylic acids is 2. The topological polar surface area (TPSA) is 84.2 Å². The van der Waals surface area contributed by atoms with Gasteiger partial charge in [0.15, 0.2) is 5.89 Å². The number of aryl methyl sites for hydroxylation is 2. The minimum absolute atomic E-state index is 0.0366. The van der Waals surface area contributed by atoms with Crippen LogP contribution < -0.4 is 10.6 Å². The lowest BCUT2D eigenvalue weighted by Crippen LogP contribution is -2.60. The largest absolute Gasteiger partial charge is 0.435 e. The predicted octanol–water partition coefficient (Wildman–Crippen LogP) is 1.97. The maximum atomic E-state index is 12.5. The van der Waals surface area contributed by atoms with Crippen LogP contribution in [0, 0.1) is 12.3 Å². The lowest BCUT2D eigenvalue weighted by atomic mass is 9.78. The molecule has 0 bridgehead atoms. The van der Waals surface area contributed by atoms with Crippen molar-refractivity contribution in [3.8, 4) is 0 Å². The van der Waals surface area contributed by atoms with Crippen LogP contribution in [-0.4, -0.2) is 28.9 Å². The summed E-state index contributed by atoms with van der Waals surface area (Å²) in [6.07, 6.45) is 1.71. The van der Waals surface area contributed by atoms with Gasteiger partial charge in [-0.3, -0.25) is 9.59 Å². The average molecular weight is 307 g/mol. The summed E-state index contributed by atoms with van der Waals surface area (Å²) in [5, 5.41) is 6.00. The molecule has 0 radical (unpaired) electrons. The number of hydrogen-bond donors (Lipinski definition) is 2. The Balaban J connectivity index is 2.15. The van der Waals surface area contributed by atoms with Crippen molar-refractivity contribution < 1.29 is 14.0 Å². The summed E-state index contributed by atoms with van der Waals surface area (Å²) in [7, 11) is 0. The lowest BCUT2D eigenvalue weighted by molar-refractivity contribution is -0.125. The van der Waals surface area contributed by atoms with Gasteiger partial charge in [-0.1, -0.05) is 27.7 Å². The Morgan fingerprint density at radius 3 is 2.68 bits per heavy atom. The van der Waals surface area contributed by atoms with E-state index < -0.39 is 0 Å². The van der Waals surface area contributed by atoms with Crippen molar-refractivity contribution in [2.75, 3.05) is 0 Å². The summed E-state index contributed by atoms with van der Waals surface area (Å²) in [5.74, 6) is 0.600. The molecule has 6 nitrogen and oxygen atoms in total. The number of amides is 2. The number of carbonyl (C=O) groups is 2. The number of oxazole rings is 1. The highest BCUT2D eigenvalue weighted by atomic mass is 16.4. The van der Waals surface area contributed by atoms with Crippen molar-refractivity contribution in [1.29, 1.82) is 0 Å². The maximum Gasteiger partial charge on any atom is 0.289 e. The normalized spacial score (nSPS) is 22.3. The fourth-order valence-corrected chi connectivity index (χ4v) is 2.82. The third kappa shape index (κ3) is 3.48. The molecule has 1 aliphatic rings. The summed E-state index contributed by atoms with van der Waals surface area (Å²) in [4.78, 5) is 28.4. The van der Waals surface area contributed by atoms with Gasteiger partial charge in [-0.05, 0) is 18.8 Å². The van der Waals surface area contributed by atoms with E-state index in [2.05, 4.69) is 36.4 Å². The third-order valence-corrected chi connectivity index (χ3v) is 4.00. The van der Waals surface area contributed by atoms with Gasteiger partial charge in [-0.2, -0.15) is 0 Å². The molecule has 0 aromatic carbocycles. The van der Waals surface area contributed by atoms with Crippen LogP contribution in [0.4, 0.5) is 0 Å². The van der Waals surface area contributed by atoms with Crippen LogP contribution in [-0.2, 0) is 11.2 Å². The van der Waals surface area contributed by atoms with Gasteiger partial charge in [-0.15, -0.1) is 0 Å². The van der Waals surface area contributed by atoms with Crippen molar-refractivity contribution in [2.24, 2.45) is 5.41 Å². The Kier molecular flexibility index (Phi) is 4.58. The molecule has 22 heavy (non-hydrogen) atoms. The summed E-state index contributed by atoms with van der Waals surface area (Å²) in [5.41, 5.74) is 0.459.